The molecule has 0 saturated carbocycles. The third-order valence-corrected chi connectivity index (χ3v) is 3.01. The van der Waals surface area contributed by atoms with Crippen LogP contribution in [0.5, 0.6) is 0 Å². The Labute approximate surface area is 101 Å². The molecule has 2 N–H and O–H groups in total. The maximum absolute atomic E-state index is 11.9. The SMILES string of the molecule is COCc1ccc2c(c1)N(C(=O)[C@@H](C)N)CC2. The molecule has 4 nitrogen and oxygen atoms in total. The maximum atomic E-state index is 11.9. The lowest BCUT2D eigenvalue weighted by molar-refractivity contribution is -0.119. The normalized spacial score (nSPS) is 15.8. The molecule has 1 aromatic rings. The fourth-order valence-electron chi connectivity index (χ4n) is 2.16. The molecule has 0 fully saturated rings. The second kappa shape index (κ2) is 4.85. The molecule has 2 rings (SSSR count). The number of hydrogen-bond donors (Lipinski definition) is 1. The molecular weight excluding hydrogens is 216 g/mol. The first kappa shape index (κ1) is 12.1. The summed E-state index contributed by atoms with van der Waals surface area (Å²) in [6, 6.07) is 5.68. The van der Waals surface area contributed by atoms with Crippen molar-refractivity contribution in [1.29, 1.82) is 0 Å². The summed E-state index contributed by atoms with van der Waals surface area (Å²) in [5.41, 5.74) is 8.93. The minimum Gasteiger partial charge on any atom is -0.380 e. The summed E-state index contributed by atoms with van der Waals surface area (Å²) < 4.78 is 5.10. The van der Waals surface area contributed by atoms with Gasteiger partial charge in [-0.25, -0.2) is 0 Å². The van der Waals surface area contributed by atoms with Crippen LogP contribution in [-0.2, 0) is 22.6 Å². The van der Waals surface area contributed by atoms with Crippen LogP contribution in [0.15, 0.2) is 18.2 Å². The lowest BCUT2D eigenvalue weighted by Gasteiger charge is -2.20. The summed E-state index contributed by atoms with van der Waals surface area (Å²) in [6.45, 7) is 3.01. The Bertz CT molecular complexity index is 429. The van der Waals surface area contributed by atoms with Gasteiger partial charge in [-0.15, -0.1) is 0 Å². The summed E-state index contributed by atoms with van der Waals surface area (Å²) in [5.74, 6) is -0.0154. The smallest absolute Gasteiger partial charge is 0.243 e. The minimum atomic E-state index is -0.452. The van der Waals surface area contributed by atoms with Gasteiger partial charge in [0.15, 0.2) is 0 Å². The van der Waals surface area contributed by atoms with Crippen LogP contribution in [0, 0.1) is 0 Å². The van der Waals surface area contributed by atoms with Gasteiger partial charge in [0.2, 0.25) is 5.91 Å². The van der Waals surface area contributed by atoms with Crippen molar-refractivity contribution in [2.45, 2.75) is 26.0 Å². The zero-order valence-corrected chi connectivity index (χ0v) is 10.3. The van der Waals surface area contributed by atoms with E-state index < -0.39 is 6.04 Å². The molecule has 0 bridgehead atoms. The van der Waals surface area contributed by atoms with Gasteiger partial charge in [0, 0.05) is 19.3 Å². The van der Waals surface area contributed by atoms with Crippen molar-refractivity contribution < 1.29 is 9.53 Å². The van der Waals surface area contributed by atoms with Crippen molar-refractivity contribution >= 4 is 11.6 Å². The van der Waals surface area contributed by atoms with Crippen LogP contribution >= 0.6 is 0 Å². The van der Waals surface area contributed by atoms with Gasteiger partial charge in [-0.05, 0) is 30.5 Å². The predicted molar refractivity (Wildman–Crippen MR) is 66.9 cm³/mol. The van der Waals surface area contributed by atoms with Crippen LogP contribution in [0.2, 0.25) is 0 Å². The van der Waals surface area contributed by atoms with E-state index >= 15 is 0 Å². The molecule has 0 spiro atoms. The number of benzene rings is 1. The molecule has 0 aliphatic carbocycles. The fourth-order valence-corrected chi connectivity index (χ4v) is 2.16. The zero-order valence-electron chi connectivity index (χ0n) is 10.3. The predicted octanol–water partition coefficient (Wildman–Crippen LogP) is 1.07. The molecule has 0 saturated heterocycles. The molecule has 1 atom stereocenters. The molecule has 1 aliphatic rings. The maximum Gasteiger partial charge on any atom is 0.243 e. The fraction of sp³-hybridized carbons (Fsp3) is 0.462. The Morgan fingerprint density at radius 1 is 1.59 bits per heavy atom. The molecule has 17 heavy (non-hydrogen) atoms. The molecule has 0 aromatic heterocycles. The molecule has 1 aromatic carbocycles. The van der Waals surface area contributed by atoms with Crippen molar-refractivity contribution in [2.75, 3.05) is 18.6 Å². The number of nitrogens with two attached hydrogens (primary N) is 1. The van der Waals surface area contributed by atoms with Crippen LogP contribution in [0.4, 0.5) is 5.69 Å². The Morgan fingerprint density at radius 3 is 3.00 bits per heavy atom. The standard InChI is InChI=1S/C13H18N2O2/c1-9(14)13(16)15-6-5-11-4-3-10(8-17-2)7-12(11)15/h3-4,7,9H,5-6,8,14H2,1-2H3/t9-/m1/s1. The van der Waals surface area contributed by atoms with E-state index in [1.807, 2.05) is 12.1 Å². The Kier molecular flexibility index (Phi) is 3.45. The van der Waals surface area contributed by atoms with Crippen LogP contribution < -0.4 is 10.6 Å². The second-order valence-corrected chi connectivity index (χ2v) is 4.42. The van der Waals surface area contributed by atoms with Crippen molar-refractivity contribution in [2.24, 2.45) is 5.73 Å². The number of amides is 1. The Morgan fingerprint density at radius 2 is 2.35 bits per heavy atom. The quantitative estimate of drug-likeness (QED) is 0.851. The Hall–Kier alpha value is -1.39. The summed E-state index contributed by atoms with van der Waals surface area (Å²) >= 11 is 0. The highest BCUT2D eigenvalue weighted by Gasteiger charge is 2.26. The van der Waals surface area contributed by atoms with Crippen molar-refractivity contribution in [1.82, 2.24) is 0 Å². The first-order valence-electron chi connectivity index (χ1n) is 5.81. The van der Waals surface area contributed by atoms with E-state index in [1.54, 1.807) is 18.9 Å². The zero-order chi connectivity index (χ0) is 12.4. The van der Waals surface area contributed by atoms with Crippen LogP contribution in [0.3, 0.4) is 0 Å². The van der Waals surface area contributed by atoms with E-state index in [4.69, 9.17) is 10.5 Å². The van der Waals surface area contributed by atoms with Crippen LogP contribution in [0.25, 0.3) is 0 Å². The number of rotatable bonds is 3. The van der Waals surface area contributed by atoms with E-state index in [2.05, 4.69) is 6.07 Å². The highest BCUT2D eigenvalue weighted by molar-refractivity contribution is 5.98. The topological polar surface area (TPSA) is 55.6 Å². The average Bonchev–Trinajstić information content (AvgIpc) is 2.71. The molecule has 1 amide bonds. The number of methoxy groups -OCH3 is 1. The van der Waals surface area contributed by atoms with E-state index in [1.165, 1.54) is 5.56 Å². The number of nitrogens with zero attached hydrogens (tertiary/aromatic N) is 1. The van der Waals surface area contributed by atoms with Gasteiger partial charge in [-0.2, -0.15) is 0 Å². The van der Waals surface area contributed by atoms with Crippen molar-refractivity contribution in [3.8, 4) is 0 Å². The summed E-state index contributed by atoms with van der Waals surface area (Å²) in [7, 11) is 1.66. The third-order valence-electron chi connectivity index (χ3n) is 3.01. The number of carbonyl (C=O) groups is 1. The van der Waals surface area contributed by atoms with E-state index in [0.717, 1.165) is 24.2 Å². The molecule has 4 heteroatoms. The molecular formula is C13H18N2O2. The molecule has 0 radical (unpaired) electrons. The highest BCUT2D eigenvalue weighted by Crippen LogP contribution is 2.29. The lowest BCUT2D eigenvalue weighted by atomic mass is 10.1. The Balaban J connectivity index is 2.29. The number of ether oxygens (including phenoxy) is 1. The average molecular weight is 234 g/mol. The van der Waals surface area contributed by atoms with Gasteiger partial charge in [-0.1, -0.05) is 12.1 Å². The first-order valence-corrected chi connectivity index (χ1v) is 5.81. The van der Waals surface area contributed by atoms with Crippen molar-refractivity contribution in [3.63, 3.8) is 0 Å². The van der Waals surface area contributed by atoms with E-state index in [0.29, 0.717) is 6.61 Å². The van der Waals surface area contributed by atoms with Crippen LogP contribution in [-0.4, -0.2) is 25.6 Å². The largest absolute Gasteiger partial charge is 0.380 e. The number of anilines is 1. The van der Waals surface area contributed by atoms with Gasteiger partial charge in [-0.3, -0.25) is 4.79 Å². The highest BCUT2D eigenvalue weighted by atomic mass is 16.5. The summed E-state index contributed by atoms with van der Waals surface area (Å²) in [5, 5.41) is 0. The van der Waals surface area contributed by atoms with Crippen molar-refractivity contribution in [3.05, 3.63) is 29.3 Å². The molecule has 1 heterocycles. The van der Waals surface area contributed by atoms with Gasteiger partial charge in [0.1, 0.15) is 0 Å². The summed E-state index contributed by atoms with van der Waals surface area (Å²) in [6.07, 6.45) is 0.904. The van der Waals surface area contributed by atoms with Gasteiger partial charge in [0.05, 0.1) is 12.6 Å². The minimum absolute atomic E-state index is 0.0154. The van der Waals surface area contributed by atoms with Gasteiger partial charge >= 0.3 is 0 Å². The molecule has 1 aliphatic heterocycles. The monoisotopic (exact) mass is 234 g/mol. The second-order valence-electron chi connectivity index (χ2n) is 4.42. The van der Waals surface area contributed by atoms with E-state index in [-0.39, 0.29) is 5.91 Å². The molecule has 0 unspecified atom stereocenters. The van der Waals surface area contributed by atoms with Gasteiger partial charge in [0.25, 0.3) is 0 Å². The first-order chi connectivity index (χ1) is 8.13. The third kappa shape index (κ3) is 2.33. The van der Waals surface area contributed by atoms with E-state index in [9.17, 15) is 4.79 Å². The molecule has 92 valence electrons. The van der Waals surface area contributed by atoms with Crippen LogP contribution in [0.1, 0.15) is 18.1 Å². The number of carbonyl (C=O) groups excluding carboxylic acids is 1. The van der Waals surface area contributed by atoms with Gasteiger partial charge < -0.3 is 15.4 Å². The summed E-state index contributed by atoms with van der Waals surface area (Å²) in [4.78, 5) is 13.7. The lowest BCUT2D eigenvalue weighted by Crippen LogP contribution is -2.41. The number of fused-ring (bicyclic) bond motifs is 1. The number of hydrogen-bond acceptors (Lipinski definition) is 3.